The van der Waals surface area contributed by atoms with Crippen LogP contribution in [-0.4, -0.2) is 11.1 Å². The number of rotatable bonds is 2. The molecule has 18 heavy (non-hydrogen) atoms. The minimum Gasteiger partial charge on any atom is -0.361 e. The smallest absolute Gasteiger partial charge is 0.261 e. The molecule has 1 aromatic heterocycles. The molecule has 2 rings (SSSR count). The number of hydrogen-bond acceptors (Lipinski definition) is 4. The Morgan fingerprint density at radius 3 is 2.72 bits per heavy atom. The van der Waals surface area contributed by atoms with Gasteiger partial charge in [0.15, 0.2) is 0 Å². The Hall–Kier alpha value is -2.61. The molecule has 0 aliphatic heterocycles. The highest BCUT2D eigenvalue weighted by Crippen LogP contribution is 2.18. The van der Waals surface area contributed by atoms with Crippen LogP contribution >= 0.6 is 0 Å². The van der Waals surface area contributed by atoms with Crippen LogP contribution in [0.2, 0.25) is 0 Å². The number of carbonyl (C=O) groups excluding carboxylic acids is 1. The Labute approximate surface area is 104 Å². The molecule has 0 atom stereocenters. The van der Waals surface area contributed by atoms with Crippen molar-refractivity contribution in [1.29, 1.82) is 5.26 Å². The van der Waals surface area contributed by atoms with E-state index in [0.29, 0.717) is 28.3 Å². The highest BCUT2D eigenvalue weighted by Gasteiger charge is 2.18. The van der Waals surface area contributed by atoms with E-state index in [-0.39, 0.29) is 5.91 Å². The zero-order chi connectivity index (χ0) is 13.1. The molecule has 1 N–H and O–H groups in total. The van der Waals surface area contributed by atoms with Gasteiger partial charge in [-0.25, -0.2) is 0 Å². The number of nitrogens with one attached hydrogen (secondary N) is 1. The van der Waals surface area contributed by atoms with Crippen molar-refractivity contribution >= 4 is 11.6 Å². The van der Waals surface area contributed by atoms with Crippen LogP contribution < -0.4 is 5.32 Å². The largest absolute Gasteiger partial charge is 0.361 e. The second kappa shape index (κ2) is 4.72. The SMILES string of the molecule is Cc1noc(C)c1C(=O)Nc1ccccc1C#N. The molecule has 0 fully saturated rings. The monoisotopic (exact) mass is 241 g/mol. The van der Waals surface area contributed by atoms with Crippen LogP contribution in [0, 0.1) is 25.2 Å². The Bertz CT molecular complexity index is 618. The molecule has 0 saturated heterocycles. The summed E-state index contributed by atoms with van der Waals surface area (Å²) in [6.45, 7) is 3.37. The minimum absolute atomic E-state index is 0.325. The lowest BCUT2D eigenvalue weighted by Gasteiger charge is -2.05. The molecule has 0 radical (unpaired) electrons. The van der Waals surface area contributed by atoms with E-state index in [2.05, 4.69) is 10.5 Å². The fourth-order valence-corrected chi connectivity index (χ4v) is 1.68. The Morgan fingerprint density at radius 1 is 1.39 bits per heavy atom. The normalized spacial score (nSPS) is 9.83. The van der Waals surface area contributed by atoms with Crippen molar-refractivity contribution < 1.29 is 9.32 Å². The van der Waals surface area contributed by atoms with Gasteiger partial charge < -0.3 is 9.84 Å². The average Bonchev–Trinajstić information content (AvgIpc) is 2.69. The summed E-state index contributed by atoms with van der Waals surface area (Å²) in [7, 11) is 0. The molecule has 0 aliphatic carbocycles. The maximum atomic E-state index is 12.1. The van der Waals surface area contributed by atoms with Gasteiger partial charge in [-0.15, -0.1) is 0 Å². The zero-order valence-electron chi connectivity index (χ0n) is 10.0. The first-order valence-corrected chi connectivity index (χ1v) is 5.37. The van der Waals surface area contributed by atoms with Crippen molar-refractivity contribution in [3.05, 3.63) is 46.8 Å². The Kier molecular flexibility index (Phi) is 3.11. The summed E-state index contributed by atoms with van der Waals surface area (Å²) < 4.78 is 4.93. The number of aryl methyl sites for hydroxylation is 2. The van der Waals surface area contributed by atoms with Gasteiger partial charge in [-0.3, -0.25) is 4.79 Å². The van der Waals surface area contributed by atoms with Gasteiger partial charge in [0, 0.05) is 0 Å². The molecular weight excluding hydrogens is 230 g/mol. The van der Waals surface area contributed by atoms with Crippen molar-refractivity contribution in [2.45, 2.75) is 13.8 Å². The fourth-order valence-electron chi connectivity index (χ4n) is 1.68. The summed E-state index contributed by atoms with van der Waals surface area (Å²) in [4.78, 5) is 12.1. The third-order valence-electron chi connectivity index (χ3n) is 2.56. The van der Waals surface area contributed by atoms with E-state index < -0.39 is 0 Å². The number of nitrogens with zero attached hydrogens (tertiary/aromatic N) is 2. The summed E-state index contributed by atoms with van der Waals surface area (Å²) in [6, 6.07) is 8.83. The van der Waals surface area contributed by atoms with E-state index in [4.69, 9.17) is 9.78 Å². The third kappa shape index (κ3) is 2.09. The van der Waals surface area contributed by atoms with E-state index in [1.807, 2.05) is 6.07 Å². The van der Waals surface area contributed by atoms with E-state index in [1.54, 1.807) is 38.1 Å². The molecule has 5 nitrogen and oxygen atoms in total. The predicted molar refractivity (Wildman–Crippen MR) is 65.1 cm³/mol. The van der Waals surface area contributed by atoms with Crippen molar-refractivity contribution in [3.8, 4) is 6.07 Å². The minimum atomic E-state index is -0.325. The van der Waals surface area contributed by atoms with Crippen LogP contribution in [0.1, 0.15) is 27.4 Å². The van der Waals surface area contributed by atoms with Crippen LogP contribution in [0.15, 0.2) is 28.8 Å². The molecule has 1 heterocycles. The second-order valence-corrected chi connectivity index (χ2v) is 3.81. The number of benzene rings is 1. The van der Waals surface area contributed by atoms with E-state index in [1.165, 1.54) is 0 Å². The number of amides is 1. The maximum Gasteiger partial charge on any atom is 0.261 e. The summed E-state index contributed by atoms with van der Waals surface area (Å²) in [5.41, 5.74) is 1.82. The van der Waals surface area contributed by atoms with Crippen molar-refractivity contribution in [2.75, 3.05) is 5.32 Å². The molecular formula is C13H11N3O2. The molecule has 0 bridgehead atoms. The quantitative estimate of drug-likeness (QED) is 0.875. The summed E-state index contributed by atoms with van der Waals surface area (Å²) in [5, 5.41) is 15.3. The van der Waals surface area contributed by atoms with Gasteiger partial charge in [-0.2, -0.15) is 5.26 Å². The number of anilines is 1. The molecule has 0 unspecified atom stereocenters. The number of para-hydroxylation sites is 1. The van der Waals surface area contributed by atoms with Gasteiger partial charge in [0.05, 0.1) is 16.9 Å². The average molecular weight is 241 g/mol. The maximum absolute atomic E-state index is 12.1. The van der Waals surface area contributed by atoms with Gasteiger partial charge in [0.2, 0.25) is 0 Å². The molecule has 2 aromatic rings. The van der Waals surface area contributed by atoms with E-state index >= 15 is 0 Å². The summed E-state index contributed by atoms with van der Waals surface area (Å²) in [6.07, 6.45) is 0. The number of hydrogen-bond donors (Lipinski definition) is 1. The number of aromatic nitrogens is 1. The first-order chi connectivity index (χ1) is 8.63. The van der Waals surface area contributed by atoms with Gasteiger partial charge in [-0.05, 0) is 26.0 Å². The summed E-state index contributed by atoms with van der Waals surface area (Å²) in [5.74, 6) is 0.133. The Morgan fingerprint density at radius 2 is 2.11 bits per heavy atom. The lowest BCUT2D eigenvalue weighted by molar-refractivity contribution is 0.102. The topological polar surface area (TPSA) is 78.9 Å². The first kappa shape index (κ1) is 11.9. The molecule has 5 heteroatoms. The van der Waals surface area contributed by atoms with Gasteiger partial charge in [0.1, 0.15) is 17.4 Å². The molecule has 1 amide bonds. The van der Waals surface area contributed by atoms with E-state index in [9.17, 15) is 4.79 Å². The van der Waals surface area contributed by atoms with Crippen LogP contribution in [0.3, 0.4) is 0 Å². The highest BCUT2D eigenvalue weighted by atomic mass is 16.5. The van der Waals surface area contributed by atoms with Crippen LogP contribution in [0.4, 0.5) is 5.69 Å². The fraction of sp³-hybridized carbons (Fsp3) is 0.154. The molecule has 1 aromatic carbocycles. The molecule has 90 valence electrons. The summed E-state index contributed by atoms with van der Waals surface area (Å²) >= 11 is 0. The van der Waals surface area contributed by atoms with Crippen molar-refractivity contribution in [3.63, 3.8) is 0 Å². The highest BCUT2D eigenvalue weighted by molar-refractivity contribution is 6.06. The van der Waals surface area contributed by atoms with Crippen molar-refractivity contribution in [1.82, 2.24) is 5.16 Å². The Balaban J connectivity index is 2.31. The second-order valence-electron chi connectivity index (χ2n) is 3.81. The lowest BCUT2D eigenvalue weighted by Crippen LogP contribution is -2.14. The zero-order valence-corrected chi connectivity index (χ0v) is 10.0. The number of nitriles is 1. The van der Waals surface area contributed by atoms with Crippen LogP contribution in [-0.2, 0) is 0 Å². The predicted octanol–water partition coefficient (Wildman–Crippen LogP) is 2.42. The third-order valence-corrected chi connectivity index (χ3v) is 2.56. The lowest BCUT2D eigenvalue weighted by atomic mass is 10.1. The van der Waals surface area contributed by atoms with Gasteiger partial charge in [0.25, 0.3) is 5.91 Å². The van der Waals surface area contributed by atoms with Gasteiger partial charge in [-0.1, -0.05) is 17.3 Å². The van der Waals surface area contributed by atoms with Crippen molar-refractivity contribution in [2.24, 2.45) is 0 Å². The molecule has 0 aliphatic rings. The first-order valence-electron chi connectivity index (χ1n) is 5.37. The van der Waals surface area contributed by atoms with Crippen LogP contribution in [0.5, 0.6) is 0 Å². The van der Waals surface area contributed by atoms with Gasteiger partial charge >= 0.3 is 0 Å². The standard InChI is InChI=1S/C13H11N3O2/c1-8-12(9(2)18-16-8)13(17)15-11-6-4-3-5-10(11)7-14/h3-6H,1-2H3,(H,15,17). The van der Waals surface area contributed by atoms with E-state index in [0.717, 1.165) is 0 Å². The molecule has 0 saturated carbocycles. The molecule has 0 spiro atoms. The number of carbonyl (C=O) groups is 1. The van der Waals surface area contributed by atoms with Crippen LogP contribution in [0.25, 0.3) is 0 Å².